The molecular weight excluding hydrogens is 218 g/mol. The monoisotopic (exact) mass is 231 g/mol. The second-order valence-corrected chi connectivity index (χ2v) is 4.79. The first-order chi connectivity index (χ1) is 7.70. The number of anilines is 2. The van der Waals surface area contributed by atoms with Gasteiger partial charge in [0.05, 0.1) is 9.88 Å². The molecule has 0 aliphatic rings. The Morgan fingerprint density at radius 3 is 2.69 bits per heavy atom. The molecule has 0 radical (unpaired) electrons. The SMILES string of the molecule is Cc1cccc(N(C)c2ccc(C=O)s2)c1. The van der Waals surface area contributed by atoms with E-state index in [-0.39, 0.29) is 0 Å². The van der Waals surface area contributed by atoms with Crippen molar-refractivity contribution >= 4 is 28.3 Å². The van der Waals surface area contributed by atoms with E-state index in [4.69, 9.17) is 0 Å². The third kappa shape index (κ3) is 2.14. The molecule has 82 valence electrons. The van der Waals surface area contributed by atoms with Crippen molar-refractivity contribution in [2.75, 3.05) is 11.9 Å². The molecule has 0 atom stereocenters. The molecule has 0 amide bonds. The van der Waals surface area contributed by atoms with Crippen molar-refractivity contribution in [1.29, 1.82) is 0 Å². The predicted molar refractivity (Wildman–Crippen MR) is 68.9 cm³/mol. The molecule has 2 nitrogen and oxygen atoms in total. The summed E-state index contributed by atoms with van der Waals surface area (Å²) < 4.78 is 0. The summed E-state index contributed by atoms with van der Waals surface area (Å²) in [6.45, 7) is 2.07. The number of benzene rings is 1. The zero-order valence-electron chi connectivity index (χ0n) is 9.31. The molecule has 0 fully saturated rings. The Balaban J connectivity index is 2.31. The molecule has 1 heterocycles. The van der Waals surface area contributed by atoms with Gasteiger partial charge >= 0.3 is 0 Å². The van der Waals surface area contributed by atoms with Crippen LogP contribution >= 0.6 is 11.3 Å². The minimum absolute atomic E-state index is 0.759. The van der Waals surface area contributed by atoms with E-state index in [9.17, 15) is 4.79 Å². The van der Waals surface area contributed by atoms with Crippen LogP contribution in [0.15, 0.2) is 36.4 Å². The molecule has 1 aromatic heterocycles. The fourth-order valence-electron chi connectivity index (χ4n) is 1.55. The summed E-state index contributed by atoms with van der Waals surface area (Å²) in [5.74, 6) is 0. The van der Waals surface area contributed by atoms with E-state index >= 15 is 0 Å². The van der Waals surface area contributed by atoms with Gasteiger partial charge in [-0.25, -0.2) is 0 Å². The summed E-state index contributed by atoms with van der Waals surface area (Å²) in [6.07, 6.45) is 0.887. The third-order valence-corrected chi connectivity index (χ3v) is 3.54. The van der Waals surface area contributed by atoms with Crippen molar-refractivity contribution in [2.45, 2.75) is 6.92 Å². The zero-order chi connectivity index (χ0) is 11.5. The van der Waals surface area contributed by atoms with Crippen LogP contribution in [0.25, 0.3) is 0 Å². The van der Waals surface area contributed by atoms with Gasteiger partial charge in [-0.2, -0.15) is 0 Å². The lowest BCUT2D eigenvalue weighted by Crippen LogP contribution is -2.07. The molecule has 2 aromatic rings. The summed E-state index contributed by atoms with van der Waals surface area (Å²) in [4.78, 5) is 13.5. The number of aldehydes is 1. The number of carbonyl (C=O) groups excluding carboxylic acids is 1. The highest BCUT2D eigenvalue weighted by Gasteiger charge is 2.06. The Morgan fingerprint density at radius 1 is 1.25 bits per heavy atom. The topological polar surface area (TPSA) is 20.3 Å². The van der Waals surface area contributed by atoms with Gasteiger partial charge in [0.1, 0.15) is 0 Å². The second kappa shape index (κ2) is 4.49. The average molecular weight is 231 g/mol. The highest BCUT2D eigenvalue weighted by Crippen LogP contribution is 2.30. The van der Waals surface area contributed by atoms with E-state index < -0.39 is 0 Å². The van der Waals surface area contributed by atoms with Crippen molar-refractivity contribution in [3.8, 4) is 0 Å². The summed E-state index contributed by atoms with van der Waals surface area (Å²) in [5, 5.41) is 1.08. The second-order valence-electron chi connectivity index (χ2n) is 3.69. The van der Waals surface area contributed by atoms with Crippen LogP contribution < -0.4 is 4.90 Å². The van der Waals surface area contributed by atoms with E-state index in [1.807, 2.05) is 25.2 Å². The Labute approximate surface area is 99.1 Å². The number of aryl methyl sites for hydroxylation is 1. The van der Waals surface area contributed by atoms with Gasteiger partial charge in [0, 0.05) is 12.7 Å². The van der Waals surface area contributed by atoms with E-state index in [2.05, 4.69) is 30.0 Å². The van der Waals surface area contributed by atoms with Crippen LogP contribution in [0.5, 0.6) is 0 Å². The Morgan fingerprint density at radius 2 is 2.06 bits per heavy atom. The molecule has 0 aliphatic heterocycles. The van der Waals surface area contributed by atoms with Crippen molar-refractivity contribution in [3.63, 3.8) is 0 Å². The van der Waals surface area contributed by atoms with Gasteiger partial charge in [0.15, 0.2) is 6.29 Å². The number of nitrogens with zero attached hydrogens (tertiary/aromatic N) is 1. The first-order valence-corrected chi connectivity index (χ1v) is 5.88. The van der Waals surface area contributed by atoms with Crippen molar-refractivity contribution in [1.82, 2.24) is 0 Å². The lowest BCUT2D eigenvalue weighted by atomic mass is 10.2. The zero-order valence-corrected chi connectivity index (χ0v) is 10.1. The lowest BCUT2D eigenvalue weighted by Gasteiger charge is -2.17. The van der Waals surface area contributed by atoms with Gasteiger partial charge in [-0.15, -0.1) is 11.3 Å². The standard InChI is InChI=1S/C13H13NOS/c1-10-4-3-5-11(8-10)14(2)13-7-6-12(9-15)16-13/h3-9H,1-2H3. The maximum atomic E-state index is 10.6. The van der Waals surface area contributed by atoms with Gasteiger partial charge in [-0.05, 0) is 36.8 Å². The van der Waals surface area contributed by atoms with Crippen LogP contribution in [0, 0.1) is 6.92 Å². The smallest absolute Gasteiger partial charge is 0.160 e. The van der Waals surface area contributed by atoms with Crippen LogP contribution in [0.3, 0.4) is 0 Å². The van der Waals surface area contributed by atoms with Crippen LogP contribution in [0.1, 0.15) is 15.2 Å². The molecule has 0 bridgehead atoms. The van der Waals surface area contributed by atoms with Crippen LogP contribution in [-0.4, -0.2) is 13.3 Å². The number of hydrogen-bond acceptors (Lipinski definition) is 3. The molecule has 16 heavy (non-hydrogen) atoms. The molecule has 0 N–H and O–H groups in total. The molecule has 0 spiro atoms. The maximum Gasteiger partial charge on any atom is 0.160 e. The summed E-state index contributed by atoms with van der Waals surface area (Å²) in [6, 6.07) is 12.1. The highest BCUT2D eigenvalue weighted by atomic mass is 32.1. The quantitative estimate of drug-likeness (QED) is 0.752. The van der Waals surface area contributed by atoms with Gasteiger partial charge in [-0.3, -0.25) is 4.79 Å². The first kappa shape index (κ1) is 10.9. The Kier molecular flexibility index (Phi) is 3.06. The largest absolute Gasteiger partial charge is 0.336 e. The molecule has 3 heteroatoms. The fraction of sp³-hybridized carbons (Fsp3) is 0.154. The van der Waals surface area contributed by atoms with Crippen LogP contribution in [0.4, 0.5) is 10.7 Å². The number of hydrogen-bond donors (Lipinski definition) is 0. The molecule has 1 aromatic carbocycles. The van der Waals surface area contributed by atoms with Crippen LogP contribution in [-0.2, 0) is 0 Å². The fourth-order valence-corrected chi connectivity index (χ4v) is 2.35. The molecule has 0 unspecified atom stereocenters. The maximum absolute atomic E-state index is 10.6. The summed E-state index contributed by atoms with van der Waals surface area (Å²) >= 11 is 1.50. The number of thiophene rings is 1. The lowest BCUT2D eigenvalue weighted by molar-refractivity contribution is 0.112. The average Bonchev–Trinajstić information content (AvgIpc) is 2.76. The van der Waals surface area contributed by atoms with Gasteiger partial charge < -0.3 is 4.90 Å². The molecule has 0 saturated heterocycles. The first-order valence-electron chi connectivity index (χ1n) is 5.06. The van der Waals surface area contributed by atoms with Gasteiger partial charge in [-0.1, -0.05) is 12.1 Å². The number of rotatable bonds is 3. The van der Waals surface area contributed by atoms with E-state index in [0.29, 0.717) is 0 Å². The Hall–Kier alpha value is -1.61. The molecule has 2 rings (SSSR count). The predicted octanol–water partition coefficient (Wildman–Crippen LogP) is 3.64. The minimum atomic E-state index is 0.759. The number of carbonyl (C=O) groups is 1. The minimum Gasteiger partial charge on any atom is -0.336 e. The third-order valence-electron chi connectivity index (χ3n) is 2.45. The van der Waals surface area contributed by atoms with Gasteiger partial charge in [0.2, 0.25) is 0 Å². The Bertz CT molecular complexity index is 504. The van der Waals surface area contributed by atoms with E-state index in [1.54, 1.807) is 0 Å². The van der Waals surface area contributed by atoms with E-state index in [1.165, 1.54) is 16.9 Å². The summed E-state index contributed by atoms with van der Waals surface area (Å²) in [7, 11) is 2.01. The summed E-state index contributed by atoms with van der Waals surface area (Å²) in [5.41, 5.74) is 2.37. The molecule has 0 saturated carbocycles. The molecular formula is C13H13NOS. The highest BCUT2D eigenvalue weighted by molar-refractivity contribution is 7.17. The van der Waals surface area contributed by atoms with Crippen molar-refractivity contribution in [3.05, 3.63) is 46.8 Å². The van der Waals surface area contributed by atoms with Crippen molar-refractivity contribution < 1.29 is 4.79 Å². The normalized spacial score (nSPS) is 10.1. The van der Waals surface area contributed by atoms with E-state index in [0.717, 1.165) is 21.9 Å². The van der Waals surface area contributed by atoms with Crippen molar-refractivity contribution in [2.24, 2.45) is 0 Å². The van der Waals surface area contributed by atoms with Gasteiger partial charge in [0.25, 0.3) is 0 Å². The molecule has 0 aliphatic carbocycles. The van der Waals surface area contributed by atoms with Crippen LogP contribution in [0.2, 0.25) is 0 Å².